The van der Waals surface area contributed by atoms with Gasteiger partial charge in [-0.05, 0) is 24.6 Å². The molecule has 1 N–H and O–H groups in total. The van der Waals surface area contributed by atoms with Gasteiger partial charge in [0.05, 0.1) is 23.2 Å². The van der Waals surface area contributed by atoms with E-state index in [-0.39, 0.29) is 29.7 Å². The molecule has 0 aliphatic heterocycles. The number of hydrogen-bond donors (Lipinski definition) is 1. The van der Waals surface area contributed by atoms with E-state index in [1.54, 1.807) is 0 Å². The number of carboxylic acid groups (broad SMARTS) is 1. The molecule has 9 heteroatoms. The van der Waals surface area contributed by atoms with Crippen molar-refractivity contribution in [2.75, 3.05) is 0 Å². The van der Waals surface area contributed by atoms with Crippen LogP contribution in [0.5, 0.6) is 0 Å². The van der Waals surface area contributed by atoms with Crippen molar-refractivity contribution in [1.29, 1.82) is 0 Å². The highest BCUT2D eigenvalue weighted by molar-refractivity contribution is 7.18. The Balaban J connectivity index is 1.83. The molecule has 0 fully saturated rings. The third kappa shape index (κ3) is 2.93. The Morgan fingerprint density at radius 1 is 1.23 bits per heavy atom. The number of benzene rings is 1. The lowest BCUT2D eigenvalue weighted by Gasteiger charge is -2.07. The molecule has 0 radical (unpaired) electrons. The lowest BCUT2D eigenvalue weighted by atomic mass is 10.2. The van der Waals surface area contributed by atoms with Crippen molar-refractivity contribution in [1.82, 2.24) is 24.7 Å². The molecule has 26 heavy (non-hydrogen) atoms. The van der Waals surface area contributed by atoms with Gasteiger partial charge in [0.25, 0.3) is 5.56 Å². The Hall–Kier alpha value is -3.20. The van der Waals surface area contributed by atoms with Gasteiger partial charge >= 0.3 is 5.97 Å². The molecule has 0 saturated heterocycles. The van der Waals surface area contributed by atoms with E-state index >= 15 is 0 Å². The van der Waals surface area contributed by atoms with E-state index in [1.807, 2.05) is 25.1 Å². The number of hydrogen-bond acceptors (Lipinski definition) is 7. The quantitative estimate of drug-likeness (QED) is 0.585. The summed E-state index contributed by atoms with van der Waals surface area (Å²) in [6.45, 7) is 2.14. The van der Waals surface area contributed by atoms with E-state index in [0.717, 1.165) is 15.8 Å². The first-order chi connectivity index (χ1) is 12.5. The Bertz CT molecular complexity index is 1210. The highest BCUT2D eigenvalue weighted by Gasteiger charge is 2.16. The second-order valence-corrected chi connectivity index (χ2v) is 6.93. The van der Waals surface area contributed by atoms with Crippen LogP contribution in [0.4, 0.5) is 0 Å². The number of rotatable bonds is 4. The number of carboxylic acids is 1. The van der Waals surface area contributed by atoms with Crippen LogP contribution in [0.3, 0.4) is 0 Å². The molecule has 0 spiro atoms. The number of aliphatic carboxylic acids is 1. The van der Waals surface area contributed by atoms with Gasteiger partial charge in [-0.2, -0.15) is 5.10 Å². The fraction of sp³-hybridized carbons (Fsp3) is 0.176. The van der Waals surface area contributed by atoms with Gasteiger partial charge in [-0.15, -0.1) is 11.3 Å². The average Bonchev–Trinajstić information content (AvgIpc) is 3.00. The van der Waals surface area contributed by atoms with Crippen molar-refractivity contribution in [3.05, 3.63) is 57.2 Å². The average molecular weight is 367 g/mol. The zero-order chi connectivity index (χ0) is 18.3. The molecule has 4 aromatic rings. The third-order valence-corrected chi connectivity index (χ3v) is 4.86. The highest BCUT2D eigenvalue weighted by Crippen LogP contribution is 2.23. The summed E-state index contributed by atoms with van der Waals surface area (Å²) in [6, 6.07) is 5.97. The number of nitrogens with zero attached hydrogens (tertiary/aromatic N) is 5. The summed E-state index contributed by atoms with van der Waals surface area (Å²) in [4.78, 5) is 36.5. The number of fused-ring (bicyclic) bond motifs is 2. The van der Waals surface area contributed by atoms with Gasteiger partial charge in [0.2, 0.25) is 0 Å². The first-order valence-corrected chi connectivity index (χ1v) is 8.61. The molecule has 0 amide bonds. The summed E-state index contributed by atoms with van der Waals surface area (Å²) in [7, 11) is 0. The topological polar surface area (TPSA) is 111 Å². The van der Waals surface area contributed by atoms with E-state index in [2.05, 4.69) is 20.1 Å². The van der Waals surface area contributed by atoms with Gasteiger partial charge in [0.15, 0.2) is 5.52 Å². The van der Waals surface area contributed by atoms with Gasteiger partial charge in [-0.3, -0.25) is 14.6 Å². The number of carbonyl (C=O) groups is 1. The van der Waals surface area contributed by atoms with Gasteiger partial charge < -0.3 is 5.11 Å². The Kier molecular flexibility index (Phi) is 3.92. The van der Waals surface area contributed by atoms with Crippen LogP contribution in [0.15, 0.2) is 35.4 Å². The van der Waals surface area contributed by atoms with E-state index in [0.29, 0.717) is 5.01 Å². The molecule has 130 valence electrons. The molecule has 8 nitrogen and oxygen atoms in total. The van der Waals surface area contributed by atoms with E-state index < -0.39 is 11.5 Å². The predicted molar refractivity (Wildman–Crippen MR) is 96.4 cm³/mol. The zero-order valence-electron chi connectivity index (χ0n) is 13.7. The van der Waals surface area contributed by atoms with Crippen LogP contribution in [0.25, 0.3) is 21.3 Å². The van der Waals surface area contributed by atoms with Crippen LogP contribution in [0, 0.1) is 6.92 Å². The Morgan fingerprint density at radius 3 is 2.77 bits per heavy atom. The second-order valence-electron chi connectivity index (χ2n) is 5.81. The Labute approximate surface area is 150 Å². The second kappa shape index (κ2) is 6.26. The summed E-state index contributed by atoms with van der Waals surface area (Å²) in [5.74, 6) is -1.05. The summed E-state index contributed by atoms with van der Waals surface area (Å²) < 4.78 is 2.23. The fourth-order valence-electron chi connectivity index (χ4n) is 2.72. The van der Waals surface area contributed by atoms with Gasteiger partial charge in [0, 0.05) is 12.4 Å². The van der Waals surface area contributed by atoms with E-state index in [1.165, 1.54) is 28.4 Å². The smallest absolute Gasteiger partial charge is 0.309 e. The standard InChI is InChI=1S/C17H13N5O3S/c1-9-2-3-12-10(6-9)20-13(26-12)8-22-17(25)16-15(18-4-5-19-16)11(21-22)7-14(23)24/h2-6H,7-8H2,1H3,(H,23,24). The molecule has 0 bridgehead atoms. The van der Waals surface area contributed by atoms with Crippen LogP contribution < -0.4 is 5.56 Å². The number of aryl methyl sites for hydroxylation is 1. The molecule has 3 aromatic heterocycles. The van der Waals surface area contributed by atoms with Crippen molar-refractivity contribution in [2.45, 2.75) is 19.9 Å². The maximum absolute atomic E-state index is 12.7. The summed E-state index contributed by atoms with van der Waals surface area (Å²) in [5, 5.41) is 14.0. The molecular formula is C17H13N5O3S. The maximum Gasteiger partial charge on any atom is 0.309 e. The van der Waals surface area contributed by atoms with E-state index in [9.17, 15) is 9.59 Å². The highest BCUT2D eigenvalue weighted by atomic mass is 32.1. The van der Waals surface area contributed by atoms with Crippen molar-refractivity contribution in [2.24, 2.45) is 0 Å². The number of thiazole rings is 1. The summed E-state index contributed by atoms with van der Waals surface area (Å²) in [5.41, 5.74) is 2.08. The van der Waals surface area contributed by atoms with Crippen LogP contribution in [0.2, 0.25) is 0 Å². The minimum absolute atomic E-state index is 0.107. The lowest BCUT2D eigenvalue weighted by Crippen LogP contribution is -2.27. The predicted octanol–water partition coefficient (Wildman–Crippen LogP) is 1.78. The van der Waals surface area contributed by atoms with E-state index in [4.69, 9.17) is 5.11 Å². The molecule has 0 aliphatic carbocycles. The van der Waals surface area contributed by atoms with Gasteiger partial charge in [-0.1, -0.05) is 6.07 Å². The minimum atomic E-state index is -1.05. The van der Waals surface area contributed by atoms with Crippen molar-refractivity contribution >= 4 is 38.6 Å². The van der Waals surface area contributed by atoms with Crippen LogP contribution in [-0.4, -0.2) is 35.8 Å². The fourth-order valence-corrected chi connectivity index (χ4v) is 3.65. The van der Waals surface area contributed by atoms with Crippen LogP contribution in [0.1, 0.15) is 16.3 Å². The lowest BCUT2D eigenvalue weighted by molar-refractivity contribution is -0.136. The van der Waals surface area contributed by atoms with Crippen molar-refractivity contribution in [3.63, 3.8) is 0 Å². The monoisotopic (exact) mass is 367 g/mol. The largest absolute Gasteiger partial charge is 0.481 e. The molecule has 4 rings (SSSR count). The third-order valence-electron chi connectivity index (χ3n) is 3.84. The SMILES string of the molecule is Cc1ccc2sc(Cn3nc(CC(=O)O)c4nccnc4c3=O)nc2c1. The van der Waals surface area contributed by atoms with Crippen molar-refractivity contribution in [3.8, 4) is 0 Å². The zero-order valence-corrected chi connectivity index (χ0v) is 14.5. The Morgan fingerprint density at radius 2 is 2.00 bits per heavy atom. The first kappa shape index (κ1) is 16.3. The van der Waals surface area contributed by atoms with Crippen LogP contribution in [-0.2, 0) is 17.8 Å². The summed E-state index contributed by atoms with van der Waals surface area (Å²) >= 11 is 1.47. The minimum Gasteiger partial charge on any atom is -0.481 e. The molecule has 0 saturated carbocycles. The normalized spacial score (nSPS) is 11.3. The van der Waals surface area contributed by atoms with Gasteiger partial charge in [0.1, 0.15) is 16.2 Å². The van der Waals surface area contributed by atoms with Crippen LogP contribution >= 0.6 is 11.3 Å². The molecule has 0 atom stereocenters. The number of aromatic nitrogens is 5. The molecule has 3 heterocycles. The molecule has 0 unspecified atom stereocenters. The molecular weight excluding hydrogens is 354 g/mol. The maximum atomic E-state index is 12.7. The first-order valence-electron chi connectivity index (χ1n) is 7.80. The van der Waals surface area contributed by atoms with Gasteiger partial charge in [-0.25, -0.2) is 14.6 Å². The molecule has 0 aliphatic rings. The molecule has 1 aromatic carbocycles. The summed E-state index contributed by atoms with van der Waals surface area (Å²) in [6.07, 6.45) is 2.47. The van der Waals surface area contributed by atoms with Crippen molar-refractivity contribution < 1.29 is 9.90 Å².